The van der Waals surface area contributed by atoms with E-state index in [-0.39, 0.29) is 5.91 Å². The fourth-order valence-corrected chi connectivity index (χ4v) is 3.28. The van der Waals surface area contributed by atoms with Gasteiger partial charge in [0.2, 0.25) is 11.1 Å². The zero-order valence-electron chi connectivity index (χ0n) is 12.2. The average molecular weight is 333 g/mol. The van der Waals surface area contributed by atoms with Crippen LogP contribution < -0.4 is 5.32 Å². The van der Waals surface area contributed by atoms with Crippen molar-refractivity contribution in [2.45, 2.75) is 25.5 Å². The number of fused-ring (bicyclic) bond motifs is 1. The van der Waals surface area contributed by atoms with Crippen molar-refractivity contribution in [3.63, 3.8) is 0 Å². The monoisotopic (exact) mass is 333 g/mol. The van der Waals surface area contributed by atoms with Crippen LogP contribution in [0, 0.1) is 13.8 Å². The summed E-state index contributed by atoms with van der Waals surface area (Å²) in [6.45, 7) is 4.45. The third-order valence-corrected chi connectivity index (χ3v) is 4.69. The predicted molar refractivity (Wildman–Crippen MR) is 87.1 cm³/mol. The molecule has 0 radical (unpaired) electrons. The van der Waals surface area contributed by atoms with E-state index in [0.717, 1.165) is 16.3 Å². The molecule has 1 N–H and O–H groups in total. The first-order valence-corrected chi connectivity index (χ1v) is 8.61. The van der Waals surface area contributed by atoms with Gasteiger partial charge in [-0.1, -0.05) is 17.8 Å². The highest BCUT2D eigenvalue weighted by atomic mass is 32.2. The first kappa shape index (κ1) is 15.0. The van der Waals surface area contributed by atoms with Gasteiger partial charge < -0.3 is 5.32 Å². The lowest BCUT2D eigenvalue weighted by atomic mass is 10.4. The Morgan fingerprint density at radius 3 is 3.05 bits per heavy atom. The standard InChI is InChI=1S/C14H15N5OS2/c1-9-6-10(2)19-13(16-9)17-14(18-19)22-8-12(20)15-7-11-4-3-5-21-11/h3-6H,7-8H2,1-2H3,(H,15,20). The number of rotatable bonds is 5. The molecule has 0 saturated heterocycles. The topological polar surface area (TPSA) is 72.2 Å². The quantitative estimate of drug-likeness (QED) is 0.725. The Balaban J connectivity index is 1.59. The minimum Gasteiger partial charge on any atom is -0.350 e. The van der Waals surface area contributed by atoms with Crippen LogP contribution in [0.5, 0.6) is 0 Å². The van der Waals surface area contributed by atoms with Gasteiger partial charge in [-0.3, -0.25) is 4.79 Å². The van der Waals surface area contributed by atoms with Gasteiger partial charge in [0, 0.05) is 16.3 Å². The van der Waals surface area contributed by atoms with Gasteiger partial charge >= 0.3 is 0 Å². The highest BCUT2D eigenvalue weighted by Crippen LogP contribution is 2.15. The zero-order valence-corrected chi connectivity index (χ0v) is 13.9. The fraction of sp³-hybridized carbons (Fsp3) is 0.286. The Labute approximate surface area is 136 Å². The zero-order chi connectivity index (χ0) is 15.5. The van der Waals surface area contributed by atoms with Gasteiger partial charge in [0.25, 0.3) is 5.78 Å². The molecular formula is C14H15N5OS2. The fourth-order valence-electron chi connectivity index (χ4n) is 1.99. The van der Waals surface area contributed by atoms with Crippen molar-refractivity contribution in [1.29, 1.82) is 0 Å². The number of thiophene rings is 1. The molecule has 3 aromatic rings. The molecule has 0 unspecified atom stereocenters. The van der Waals surface area contributed by atoms with Crippen LogP contribution in [0.15, 0.2) is 28.7 Å². The van der Waals surface area contributed by atoms with E-state index < -0.39 is 0 Å². The molecule has 1 amide bonds. The summed E-state index contributed by atoms with van der Waals surface area (Å²) in [5, 5.41) is 9.80. The molecule has 3 aromatic heterocycles. The van der Waals surface area contributed by atoms with Crippen LogP contribution in [0.4, 0.5) is 0 Å². The summed E-state index contributed by atoms with van der Waals surface area (Å²) >= 11 is 2.94. The van der Waals surface area contributed by atoms with E-state index in [1.165, 1.54) is 11.8 Å². The smallest absolute Gasteiger partial charge is 0.253 e. The second-order valence-electron chi connectivity index (χ2n) is 4.79. The Morgan fingerprint density at radius 1 is 1.41 bits per heavy atom. The van der Waals surface area contributed by atoms with Crippen molar-refractivity contribution >= 4 is 34.8 Å². The number of aryl methyl sites for hydroxylation is 2. The molecule has 0 bridgehead atoms. The number of carbonyl (C=O) groups is 1. The normalized spacial score (nSPS) is 11.0. The SMILES string of the molecule is Cc1cc(C)n2nc(SCC(=O)NCc3cccs3)nc2n1. The molecule has 0 fully saturated rings. The van der Waals surface area contributed by atoms with Crippen molar-refractivity contribution < 1.29 is 4.79 Å². The highest BCUT2D eigenvalue weighted by Gasteiger charge is 2.10. The molecule has 22 heavy (non-hydrogen) atoms. The summed E-state index contributed by atoms with van der Waals surface area (Å²) < 4.78 is 1.69. The molecule has 0 aliphatic rings. The summed E-state index contributed by atoms with van der Waals surface area (Å²) in [6.07, 6.45) is 0. The minimum atomic E-state index is -0.0295. The number of amides is 1. The van der Waals surface area contributed by atoms with E-state index in [0.29, 0.717) is 23.2 Å². The number of aromatic nitrogens is 4. The molecular weight excluding hydrogens is 318 g/mol. The van der Waals surface area contributed by atoms with Crippen LogP contribution in [0.1, 0.15) is 16.3 Å². The lowest BCUT2D eigenvalue weighted by molar-refractivity contribution is -0.118. The first-order chi connectivity index (χ1) is 10.6. The van der Waals surface area contributed by atoms with Crippen molar-refractivity contribution in [3.8, 4) is 0 Å². The molecule has 0 saturated carbocycles. The van der Waals surface area contributed by atoms with Crippen molar-refractivity contribution in [3.05, 3.63) is 39.8 Å². The van der Waals surface area contributed by atoms with Gasteiger partial charge in [-0.25, -0.2) is 9.50 Å². The molecule has 0 atom stereocenters. The number of carbonyl (C=O) groups excluding carboxylic acids is 1. The van der Waals surface area contributed by atoms with Gasteiger partial charge in [0.05, 0.1) is 12.3 Å². The lowest BCUT2D eigenvalue weighted by Crippen LogP contribution is -2.24. The average Bonchev–Trinajstić information content (AvgIpc) is 3.11. The van der Waals surface area contributed by atoms with Gasteiger partial charge in [0.15, 0.2) is 0 Å². The first-order valence-electron chi connectivity index (χ1n) is 6.75. The molecule has 0 aromatic carbocycles. The third-order valence-electron chi connectivity index (χ3n) is 2.97. The minimum absolute atomic E-state index is 0.0295. The summed E-state index contributed by atoms with van der Waals surface area (Å²) in [6, 6.07) is 5.92. The Bertz CT molecular complexity index is 797. The van der Waals surface area contributed by atoms with Crippen LogP contribution in [0.3, 0.4) is 0 Å². The Morgan fingerprint density at radius 2 is 2.27 bits per heavy atom. The summed E-state index contributed by atoms with van der Waals surface area (Å²) in [5.41, 5.74) is 1.88. The van der Waals surface area contributed by atoms with E-state index in [1.807, 2.05) is 37.4 Å². The maximum Gasteiger partial charge on any atom is 0.253 e. The maximum atomic E-state index is 11.8. The summed E-state index contributed by atoms with van der Waals surface area (Å²) in [7, 11) is 0. The summed E-state index contributed by atoms with van der Waals surface area (Å²) in [5.74, 6) is 0.831. The van der Waals surface area contributed by atoms with E-state index in [1.54, 1.807) is 15.9 Å². The maximum absolute atomic E-state index is 11.8. The van der Waals surface area contributed by atoms with Crippen molar-refractivity contribution in [1.82, 2.24) is 24.9 Å². The third kappa shape index (κ3) is 3.45. The van der Waals surface area contributed by atoms with Gasteiger partial charge in [-0.2, -0.15) is 4.98 Å². The predicted octanol–water partition coefficient (Wildman–Crippen LogP) is 2.21. The van der Waals surface area contributed by atoms with Crippen molar-refractivity contribution in [2.24, 2.45) is 0 Å². The number of nitrogens with zero attached hydrogens (tertiary/aromatic N) is 4. The van der Waals surface area contributed by atoms with Crippen LogP contribution in [0.2, 0.25) is 0 Å². The molecule has 0 aliphatic heterocycles. The van der Waals surface area contributed by atoms with E-state index in [4.69, 9.17) is 0 Å². The molecule has 0 aliphatic carbocycles. The number of thioether (sulfide) groups is 1. The Kier molecular flexibility index (Phi) is 4.39. The van der Waals surface area contributed by atoms with Crippen LogP contribution in [-0.4, -0.2) is 31.2 Å². The van der Waals surface area contributed by atoms with Crippen LogP contribution in [-0.2, 0) is 11.3 Å². The van der Waals surface area contributed by atoms with E-state index >= 15 is 0 Å². The largest absolute Gasteiger partial charge is 0.350 e. The molecule has 8 heteroatoms. The highest BCUT2D eigenvalue weighted by molar-refractivity contribution is 7.99. The molecule has 3 rings (SSSR count). The number of hydrogen-bond acceptors (Lipinski definition) is 6. The van der Waals surface area contributed by atoms with E-state index in [2.05, 4.69) is 20.4 Å². The van der Waals surface area contributed by atoms with E-state index in [9.17, 15) is 4.79 Å². The summed E-state index contributed by atoms with van der Waals surface area (Å²) in [4.78, 5) is 21.7. The molecule has 114 valence electrons. The van der Waals surface area contributed by atoms with Crippen LogP contribution in [0.25, 0.3) is 5.78 Å². The van der Waals surface area contributed by atoms with Gasteiger partial charge in [0.1, 0.15) is 0 Å². The Hall–Kier alpha value is -1.93. The number of hydrogen-bond donors (Lipinski definition) is 1. The van der Waals surface area contributed by atoms with Gasteiger partial charge in [-0.15, -0.1) is 16.4 Å². The second kappa shape index (κ2) is 6.45. The molecule has 0 spiro atoms. The van der Waals surface area contributed by atoms with Gasteiger partial charge in [-0.05, 0) is 31.4 Å². The molecule has 6 nitrogen and oxygen atoms in total. The number of nitrogens with one attached hydrogen (secondary N) is 1. The lowest BCUT2D eigenvalue weighted by Gasteiger charge is -2.01. The van der Waals surface area contributed by atoms with Crippen LogP contribution >= 0.6 is 23.1 Å². The van der Waals surface area contributed by atoms with Crippen molar-refractivity contribution in [2.75, 3.05) is 5.75 Å². The molecule has 3 heterocycles. The second-order valence-corrected chi connectivity index (χ2v) is 6.76.